The minimum Gasteiger partial charge on any atom is -0.381 e. The van der Waals surface area contributed by atoms with Crippen LogP contribution in [0.15, 0.2) is 36.4 Å². The van der Waals surface area contributed by atoms with Crippen LogP contribution >= 0.6 is 0 Å². The summed E-state index contributed by atoms with van der Waals surface area (Å²) in [6.07, 6.45) is 11.2. The molecule has 2 N–H and O–H groups in total. The first-order valence-electron chi connectivity index (χ1n) is 9.45. The summed E-state index contributed by atoms with van der Waals surface area (Å²) in [5.41, 5.74) is 11.2. The van der Waals surface area contributed by atoms with Crippen molar-refractivity contribution in [1.82, 2.24) is 0 Å². The molecular weight excluding hydrogens is 304 g/mol. The Bertz CT molecular complexity index is 856. The fourth-order valence-electron chi connectivity index (χ4n) is 4.92. The molecule has 0 amide bonds. The smallest absolute Gasteiger partial charge is 0.0419 e. The molecule has 0 unspecified atom stereocenters. The SMILES string of the molecule is CCC1(CC)c2cc3c(cc2-c2cc4c(cc21)NCC=C4)C=CCN3. The average Bonchev–Trinajstić information content (AvgIpc) is 2.93. The Kier molecular flexibility index (Phi) is 3.12. The van der Waals surface area contributed by atoms with Gasteiger partial charge in [0.15, 0.2) is 0 Å². The zero-order chi connectivity index (χ0) is 17.0. The maximum absolute atomic E-state index is 3.55. The zero-order valence-electron chi connectivity index (χ0n) is 14.9. The molecule has 25 heavy (non-hydrogen) atoms. The van der Waals surface area contributed by atoms with Crippen LogP contribution in [0.5, 0.6) is 0 Å². The van der Waals surface area contributed by atoms with Crippen molar-refractivity contribution in [3.05, 3.63) is 58.7 Å². The van der Waals surface area contributed by atoms with Crippen LogP contribution in [0.3, 0.4) is 0 Å². The summed E-state index contributed by atoms with van der Waals surface area (Å²) in [6.45, 7) is 6.52. The number of hydrogen-bond donors (Lipinski definition) is 2. The van der Waals surface area contributed by atoms with E-state index < -0.39 is 0 Å². The molecule has 3 aliphatic rings. The van der Waals surface area contributed by atoms with E-state index in [4.69, 9.17) is 0 Å². The molecule has 0 fully saturated rings. The van der Waals surface area contributed by atoms with Gasteiger partial charge in [0.25, 0.3) is 0 Å². The van der Waals surface area contributed by atoms with Crippen molar-refractivity contribution in [2.45, 2.75) is 32.1 Å². The highest BCUT2D eigenvalue weighted by molar-refractivity contribution is 5.90. The molecule has 2 aliphatic heterocycles. The summed E-state index contributed by atoms with van der Waals surface area (Å²) < 4.78 is 0. The summed E-state index contributed by atoms with van der Waals surface area (Å²) in [5, 5.41) is 7.10. The van der Waals surface area contributed by atoms with Gasteiger partial charge in [0.1, 0.15) is 0 Å². The lowest BCUT2D eigenvalue weighted by Crippen LogP contribution is -2.24. The van der Waals surface area contributed by atoms with Gasteiger partial charge in [0.2, 0.25) is 0 Å². The summed E-state index contributed by atoms with van der Waals surface area (Å²) >= 11 is 0. The second-order valence-corrected chi connectivity index (χ2v) is 7.33. The number of benzene rings is 2. The minimum atomic E-state index is 0.125. The van der Waals surface area contributed by atoms with E-state index >= 15 is 0 Å². The van der Waals surface area contributed by atoms with E-state index in [-0.39, 0.29) is 5.41 Å². The fraction of sp³-hybridized carbons (Fsp3) is 0.304. The number of nitrogens with one attached hydrogen (secondary N) is 2. The maximum Gasteiger partial charge on any atom is 0.0419 e. The Hall–Kier alpha value is -2.48. The Balaban J connectivity index is 1.83. The molecule has 2 aromatic rings. The fourth-order valence-corrected chi connectivity index (χ4v) is 4.92. The number of hydrogen-bond acceptors (Lipinski definition) is 2. The maximum atomic E-state index is 3.55. The molecule has 0 saturated carbocycles. The topological polar surface area (TPSA) is 24.1 Å². The lowest BCUT2D eigenvalue weighted by atomic mass is 9.73. The third kappa shape index (κ3) is 1.91. The van der Waals surface area contributed by atoms with E-state index in [1.54, 1.807) is 0 Å². The zero-order valence-corrected chi connectivity index (χ0v) is 14.9. The lowest BCUT2D eigenvalue weighted by molar-refractivity contribution is 0.490. The second-order valence-electron chi connectivity index (χ2n) is 7.33. The standard InChI is InChI=1S/C23H24N2/c1-3-23(4-2)19-13-21-15(7-5-9-24-21)11-17(19)18-12-16-8-6-10-25-22(16)14-20(18)23/h5-8,11-14,24-25H,3-4,9-10H2,1-2H3. The Labute approximate surface area is 149 Å². The number of rotatable bonds is 2. The molecule has 5 rings (SSSR count). The molecule has 0 atom stereocenters. The molecule has 2 nitrogen and oxygen atoms in total. The Morgan fingerprint density at radius 1 is 0.760 bits per heavy atom. The van der Waals surface area contributed by atoms with Crippen molar-refractivity contribution in [3.63, 3.8) is 0 Å². The predicted molar refractivity (Wildman–Crippen MR) is 108 cm³/mol. The van der Waals surface area contributed by atoms with Crippen LogP contribution in [0.2, 0.25) is 0 Å². The lowest BCUT2D eigenvalue weighted by Gasteiger charge is -2.31. The highest BCUT2D eigenvalue weighted by Crippen LogP contribution is 2.55. The first-order valence-corrected chi connectivity index (χ1v) is 9.45. The van der Waals surface area contributed by atoms with Crippen LogP contribution in [0.1, 0.15) is 48.9 Å². The molecule has 2 heteroatoms. The van der Waals surface area contributed by atoms with Crippen LogP contribution in [-0.4, -0.2) is 13.1 Å². The quantitative estimate of drug-likeness (QED) is 0.744. The molecule has 2 heterocycles. The third-order valence-corrected chi connectivity index (χ3v) is 6.32. The van der Waals surface area contributed by atoms with Crippen molar-refractivity contribution in [2.24, 2.45) is 0 Å². The van der Waals surface area contributed by atoms with Crippen molar-refractivity contribution in [2.75, 3.05) is 23.7 Å². The van der Waals surface area contributed by atoms with Gasteiger partial charge >= 0.3 is 0 Å². The van der Waals surface area contributed by atoms with Crippen LogP contribution in [0.4, 0.5) is 11.4 Å². The predicted octanol–water partition coefficient (Wildman–Crippen LogP) is 5.65. The van der Waals surface area contributed by atoms with Gasteiger partial charge < -0.3 is 10.6 Å². The summed E-state index contributed by atoms with van der Waals surface area (Å²) in [7, 11) is 0. The molecule has 1 aliphatic carbocycles. The van der Waals surface area contributed by atoms with Crippen LogP contribution in [0.25, 0.3) is 23.3 Å². The van der Waals surface area contributed by atoms with Crippen LogP contribution < -0.4 is 10.6 Å². The van der Waals surface area contributed by atoms with E-state index in [1.165, 1.54) is 44.8 Å². The van der Waals surface area contributed by atoms with Gasteiger partial charge in [-0.25, -0.2) is 0 Å². The summed E-state index contributed by atoms with van der Waals surface area (Å²) in [6, 6.07) is 9.63. The van der Waals surface area contributed by atoms with Crippen molar-refractivity contribution in [1.29, 1.82) is 0 Å². The minimum absolute atomic E-state index is 0.125. The van der Waals surface area contributed by atoms with Gasteiger partial charge in [0.05, 0.1) is 0 Å². The van der Waals surface area contributed by atoms with Gasteiger partial charge in [-0.3, -0.25) is 0 Å². The molecule has 126 valence electrons. The highest BCUT2D eigenvalue weighted by Gasteiger charge is 2.41. The third-order valence-electron chi connectivity index (χ3n) is 6.32. The summed E-state index contributed by atoms with van der Waals surface area (Å²) in [5.74, 6) is 0. The Morgan fingerprint density at radius 3 is 1.68 bits per heavy atom. The van der Waals surface area contributed by atoms with E-state index in [1.807, 2.05) is 0 Å². The molecule has 0 saturated heterocycles. The van der Waals surface area contributed by atoms with Gasteiger partial charge in [-0.1, -0.05) is 38.2 Å². The monoisotopic (exact) mass is 328 g/mol. The molecule has 0 aromatic heterocycles. The van der Waals surface area contributed by atoms with Gasteiger partial charge in [-0.2, -0.15) is 0 Å². The van der Waals surface area contributed by atoms with Crippen LogP contribution in [-0.2, 0) is 5.41 Å². The second kappa shape index (κ2) is 5.26. The molecule has 2 aromatic carbocycles. The normalized spacial score (nSPS) is 17.8. The van der Waals surface area contributed by atoms with E-state index in [0.717, 1.165) is 25.9 Å². The first-order chi connectivity index (χ1) is 12.3. The molecule has 0 bridgehead atoms. The number of fused-ring (bicyclic) bond motifs is 5. The van der Waals surface area contributed by atoms with Crippen molar-refractivity contribution in [3.8, 4) is 11.1 Å². The van der Waals surface area contributed by atoms with Crippen molar-refractivity contribution >= 4 is 23.5 Å². The van der Waals surface area contributed by atoms with Gasteiger partial charge in [-0.05, 0) is 70.5 Å². The molecule has 0 radical (unpaired) electrons. The average molecular weight is 328 g/mol. The first kappa shape index (κ1) is 14.8. The highest BCUT2D eigenvalue weighted by atomic mass is 14.9. The number of anilines is 2. The van der Waals surface area contributed by atoms with Crippen LogP contribution in [0, 0.1) is 0 Å². The van der Waals surface area contributed by atoms with Gasteiger partial charge in [0, 0.05) is 29.9 Å². The largest absolute Gasteiger partial charge is 0.381 e. The summed E-state index contributed by atoms with van der Waals surface area (Å²) in [4.78, 5) is 0. The van der Waals surface area contributed by atoms with Crippen molar-refractivity contribution < 1.29 is 0 Å². The van der Waals surface area contributed by atoms with E-state index in [2.05, 4.69) is 73.1 Å². The van der Waals surface area contributed by atoms with E-state index in [9.17, 15) is 0 Å². The van der Waals surface area contributed by atoms with Gasteiger partial charge in [-0.15, -0.1) is 0 Å². The Morgan fingerprint density at radius 2 is 1.24 bits per heavy atom. The van der Waals surface area contributed by atoms with E-state index in [0.29, 0.717) is 0 Å². The molecular formula is C23H24N2. The molecule has 0 spiro atoms.